The molecule has 0 fully saturated rings. The molecular formula is C25H26ClNO5S. The van der Waals surface area contributed by atoms with Crippen LogP contribution >= 0.6 is 11.6 Å². The molecule has 0 unspecified atom stereocenters. The van der Waals surface area contributed by atoms with Crippen LogP contribution in [-0.4, -0.2) is 28.6 Å². The van der Waals surface area contributed by atoms with Gasteiger partial charge in [-0.25, -0.2) is 13.2 Å². The van der Waals surface area contributed by atoms with Gasteiger partial charge in [-0.3, -0.25) is 4.72 Å². The lowest BCUT2D eigenvalue weighted by Crippen LogP contribution is -2.18. The number of halogens is 1. The van der Waals surface area contributed by atoms with Crippen molar-refractivity contribution >= 4 is 33.3 Å². The van der Waals surface area contributed by atoms with Gasteiger partial charge in [0.1, 0.15) is 11.3 Å². The third-order valence-electron chi connectivity index (χ3n) is 5.32. The highest BCUT2D eigenvalue weighted by Crippen LogP contribution is 2.33. The van der Waals surface area contributed by atoms with Crippen LogP contribution in [0.3, 0.4) is 0 Å². The summed E-state index contributed by atoms with van der Waals surface area (Å²) in [7, 11) is -1.32. The van der Waals surface area contributed by atoms with Crippen molar-refractivity contribution in [2.45, 2.75) is 31.1 Å². The molecule has 3 aromatic rings. The third kappa shape index (κ3) is 5.67. The number of carbonyl (C=O) groups excluding carboxylic acids is 1. The summed E-state index contributed by atoms with van der Waals surface area (Å²) in [6.45, 7) is 1.92. The SMILES string of the molecule is CCc1ccc(NS(=O)(=O)c2ccccc2CCc2ccc(Cl)cc2)c(C(=O)OC)c1OC. The summed E-state index contributed by atoms with van der Waals surface area (Å²) in [4.78, 5) is 12.7. The van der Waals surface area contributed by atoms with Crippen molar-refractivity contribution < 1.29 is 22.7 Å². The molecular weight excluding hydrogens is 462 g/mol. The molecule has 0 radical (unpaired) electrons. The van der Waals surface area contributed by atoms with Gasteiger partial charge in [0.2, 0.25) is 0 Å². The Bertz CT molecular complexity index is 1240. The quantitative estimate of drug-likeness (QED) is 0.415. The van der Waals surface area contributed by atoms with Crippen LogP contribution in [0.2, 0.25) is 5.02 Å². The van der Waals surface area contributed by atoms with E-state index in [9.17, 15) is 13.2 Å². The van der Waals surface area contributed by atoms with Crippen LogP contribution in [-0.2, 0) is 34.0 Å². The van der Waals surface area contributed by atoms with Gasteiger partial charge in [-0.05, 0) is 60.2 Å². The fourth-order valence-electron chi connectivity index (χ4n) is 3.63. The Morgan fingerprint density at radius 2 is 1.64 bits per heavy atom. The third-order valence-corrected chi connectivity index (χ3v) is 7.03. The molecule has 6 nitrogen and oxygen atoms in total. The molecule has 0 aliphatic rings. The number of ether oxygens (including phenoxy) is 2. The van der Waals surface area contributed by atoms with E-state index in [1.807, 2.05) is 31.2 Å². The number of hydrogen-bond acceptors (Lipinski definition) is 5. The van der Waals surface area contributed by atoms with Crippen molar-refractivity contribution in [1.29, 1.82) is 0 Å². The molecule has 8 heteroatoms. The first kappa shape index (κ1) is 24.6. The Labute approximate surface area is 199 Å². The second-order valence-corrected chi connectivity index (χ2v) is 9.45. The van der Waals surface area contributed by atoms with E-state index in [4.69, 9.17) is 21.1 Å². The smallest absolute Gasteiger partial charge is 0.343 e. The van der Waals surface area contributed by atoms with Crippen molar-refractivity contribution in [3.05, 3.63) is 87.9 Å². The second-order valence-electron chi connectivity index (χ2n) is 7.37. The van der Waals surface area contributed by atoms with E-state index in [0.29, 0.717) is 35.6 Å². The molecule has 0 bridgehead atoms. The zero-order valence-electron chi connectivity index (χ0n) is 18.7. The standard InChI is InChI=1S/C25H26ClNO5S/c1-4-18-13-16-21(23(24(18)31-2)25(28)32-3)27-33(29,30)22-8-6-5-7-19(22)12-9-17-10-14-20(26)15-11-17/h5-8,10-11,13-16,27H,4,9,12H2,1-3H3. The minimum atomic E-state index is -4.00. The molecule has 0 saturated heterocycles. The van der Waals surface area contributed by atoms with E-state index in [0.717, 1.165) is 11.1 Å². The molecule has 0 aliphatic heterocycles. The number of rotatable bonds is 9. The average molecular weight is 488 g/mol. The topological polar surface area (TPSA) is 81.7 Å². The van der Waals surface area contributed by atoms with E-state index < -0.39 is 16.0 Å². The second kappa shape index (κ2) is 10.7. The predicted octanol–water partition coefficient (Wildman–Crippen LogP) is 5.28. The van der Waals surface area contributed by atoms with Crippen molar-refractivity contribution in [2.24, 2.45) is 0 Å². The van der Waals surface area contributed by atoms with Crippen LogP contribution in [0.4, 0.5) is 5.69 Å². The van der Waals surface area contributed by atoms with Gasteiger partial charge < -0.3 is 9.47 Å². The molecule has 0 atom stereocenters. The number of sulfonamides is 1. The number of esters is 1. The maximum Gasteiger partial charge on any atom is 0.343 e. The molecule has 0 saturated carbocycles. The van der Waals surface area contributed by atoms with Crippen molar-refractivity contribution in [1.82, 2.24) is 0 Å². The number of carbonyl (C=O) groups is 1. The highest BCUT2D eigenvalue weighted by Gasteiger charge is 2.26. The Hall–Kier alpha value is -3.03. The summed E-state index contributed by atoms with van der Waals surface area (Å²) in [5, 5.41) is 0.650. The average Bonchev–Trinajstić information content (AvgIpc) is 2.82. The monoisotopic (exact) mass is 487 g/mol. The fourth-order valence-corrected chi connectivity index (χ4v) is 5.10. The van der Waals surface area contributed by atoms with Gasteiger partial charge in [0.25, 0.3) is 10.0 Å². The first-order chi connectivity index (χ1) is 15.8. The molecule has 0 amide bonds. The van der Waals surface area contributed by atoms with Crippen molar-refractivity contribution in [3.8, 4) is 5.75 Å². The van der Waals surface area contributed by atoms with Crippen LogP contribution in [0, 0.1) is 0 Å². The van der Waals surface area contributed by atoms with Gasteiger partial charge >= 0.3 is 5.97 Å². The number of hydrogen-bond donors (Lipinski definition) is 1. The normalized spacial score (nSPS) is 11.2. The number of benzene rings is 3. The van der Waals surface area contributed by atoms with Crippen LogP contribution in [0.1, 0.15) is 34.0 Å². The molecule has 0 aliphatic carbocycles. The van der Waals surface area contributed by atoms with Crippen LogP contribution in [0.15, 0.2) is 65.6 Å². The predicted molar refractivity (Wildman–Crippen MR) is 130 cm³/mol. The first-order valence-electron chi connectivity index (χ1n) is 10.4. The van der Waals surface area contributed by atoms with Crippen LogP contribution in [0.25, 0.3) is 0 Å². The Balaban J connectivity index is 1.96. The Morgan fingerprint density at radius 3 is 2.27 bits per heavy atom. The Kier molecular flexibility index (Phi) is 8.00. The summed E-state index contributed by atoms with van der Waals surface area (Å²) in [5.74, 6) is -0.392. The molecule has 0 spiro atoms. The summed E-state index contributed by atoms with van der Waals surface area (Å²) >= 11 is 5.95. The number of nitrogens with one attached hydrogen (secondary N) is 1. The molecule has 0 heterocycles. The largest absolute Gasteiger partial charge is 0.495 e. The van der Waals surface area contributed by atoms with E-state index in [-0.39, 0.29) is 16.1 Å². The highest BCUT2D eigenvalue weighted by molar-refractivity contribution is 7.92. The molecule has 174 valence electrons. The van der Waals surface area contributed by atoms with Gasteiger partial charge in [-0.2, -0.15) is 0 Å². The van der Waals surface area contributed by atoms with E-state index in [1.54, 1.807) is 36.4 Å². The number of methoxy groups -OCH3 is 2. The van der Waals surface area contributed by atoms with Gasteiger partial charge in [-0.15, -0.1) is 0 Å². The van der Waals surface area contributed by atoms with Gasteiger partial charge in [0.15, 0.2) is 0 Å². The minimum absolute atomic E-state index is 0.0431. The van der Waals surface area contributed by atoms with Crippen LogP contribution in [0.5, 0.6) is 5.75 Å². The van der Waals surface area contributed by atoms with E-state index in [2.05, 4.69) is 4.72 Å². The fraction of sp³-hybridized carbons (Fsp3) is 0.240. The molecule has 3 aromatic carbocycles. The van der Waals surface area contributed by atoms with E-state index in [1.165, 1.54) is 14.2 Å². The van der Waals surface area contributed by atoms with Crippen molar-refractivity contribution in [2.75, 3.05) is 18.9 Å². The zero-order chi connectivity index (χ0) is 24.0. The van der Waals surface area contributed by atoms with Gasteiger partial charge in [0.05, 0.1) is 24.8 Å². The summed E-state index contributed by atoms with van der Waals surface area (Å²) in [5.41, 5.74) is 2.62. The lowest BCUT2D eigenvalue weighted by atomic mass is 10.0. The van der Waals surface area contributed by atoms with Crippen LogP contribution < -0.4 is 9.46 Å². The summed E-state index contributed by atoms with van der Waals surface area (Å²) < 4.78 is 39.6. The Morgan fingerprint density at radius 1 is 0.939 bits per heavy atom. The molecule has 3 rings (SSSR count). The number of anilines is 1. The molecule has 33 heavy (non-hydrogen) atoms. The van der Waals surface area contributed by atoms with Crippen molar-refractivity contribution in [3.63, 3.8) is 0 Å². The lowest BCUT2D eigenvalue weighted by molar-refractivity contribution is 0.0598. The highest BCUT2D eigenvalue weighted by atomic mass is 35.5. The zero-order valence-corrected chi connectivity index (χ0v) is 20.3. The maximum atomic E-state index is 13.4. The maximum absolute atomic E-state index is 13.4. The van der Waals surface area contributed by atoms with Gasteiger partial charge in [-0.1, -0.05) is 54.9 Å². The van der Waals surface area contributed by atoms with Gasteiger partial charge in [0, 0.05) is 5.02 Å². The van der Waals surface area contributed by atoms with E-state index >= 15 is 0 Å². The first-order valence-corrected chi connectivity index (χ1v) is 12.3. The molecule has 1 N–H and O–H groups in total. The summed E-state index contributed by atoms with van der Waals surface area (Å²) in [6.07, 6.45) is 1.77. The molecule has 0 aromatic heterocycles. The minimum Gasteiger partial charge on any atom is -0.495 e. The lowest BCUT2D eigenvalue weighted by Gasteiger charge is -2.18. The number of aryl methyl sites for hydroxylation is 3. The summed E-state index contributed by atoms with van der Waals surface area (Å²) in [6, 6.07) is 17.5.